The lowest BCUT2D eigenvalue weighted by Gasteiger charge is -2.04. The third-order valence-electron chi connectivity index (χ3n) is 2.63. The molecule has 1 N–H and O–H groups in total. The number of aryl methyl sites for hydroxylation is 1. The first kappa shape index (κ1) is 9.97. The lowest BCUT2D eigenvalue weighted by atomic mass is 10.1. The van der Waals surface area contributed by atoms with Gasteiger partial charge in [-0.1, -0.05) is 37.6 Å². The van der Waals surface area contributed by atoms with Crippen LogP contribution in [-0.4, -0.2) is 4.98 Å². The quantitative estimate of drug-likeness (QED) is 0.813. The fourth-order valence-corrected chi connectivity index (χ4v) is 1.84. The van der Waals surface area contributed by atoms with Crippen LogP contribution in [0.2, 0.25) is 0 Å². The molecule has 0 amide bonds. The second kappa shape index (κ2) is 4.30. The molecule has 0 unspecified atom stereocenters. The zero-order chi connectivity index (χ0) is 10.7. The van der Waals surface area contributed by atoms with Gasteiger partial charge in [0.25, 0.3) is 0 Å². The van der Waals surface area contributed by atoms with Crippen LogP contribution < -0.4 is 5.56 Å². The van der Waals surface area contributed by atoms with E-state index in [1.165, 1.54) is 5.39 Å². The normalized spacial score (nSPS) is 10.7. The molecule has 0 aliphatic heterocycles. The van der Waals surface area contributed by atoms with Crippen LogP contribution in [0.5, 0.6) is 0 Å². The molecule has 2 nitrogen and oxygen atoms in total. The minimum Gasteiger partial charge on any atom is -0.326 e. The van der Waals surface area contributed by atoms with Gasteiger partial charge in [0, 0.05) is 17.1 Å². The minimum absolute atomic E-state index is 0.000182. The maximum atomic E-state index is 11.4. The molecular formula is C13H15NO. The summed E-state index contributed by atoms with van der Waals surface area (Å²) in [6.07, 6.45) is 3.21. The van der Waals surface area contributed by atoms with E-state index in [9.17, 15) is 4.79 Å². The lowest BCUT2D eigenvalue weighted by molar-refractivity contribution is 0.779. The summed E-state index contributed by atoms with van der Waals surface area (Å²) in [6, 6.07) is 9.68. The van der Waals surface area contributed by atoms with Crippen LogP contribution in [0.3, 0.4) is 0 Å². The molecule has 0 radical (unpaired) electrons. The summed E-state index contributed by atoms with van der Waals surface area (Å²) in [5, 5.41) is 2.21. The predicted octanol–water partition coefficient (Wildman–Crippen LogP) is 2.87. The fourth-order valence-electron chi connectivity index (χ4n) is 1.84. The van der Waals surface area contributed by atoms with E-state index in [4.69, 9.17) is 0 Å². The van der Waals surface area contributed by atoms with Gasteiger partial charge in [0.2, 0.25) is 5.56 Å². The molecule has 15 heavy (non-hydrogen) atoms. The van der Waals surface area contributed by atoms with Crippen molar-refractivity contribution in [3.63, 3.8) is 0 Å². The highest BCUT2D eigenvalue weighted by Gasteiger charge is 2.01. The summed E-state index contributed by atoms with van der Waals surface area (Å²) in [4.78, 5) is 14.3. The van der Waals surface area contributed by atoms with Crippen molar-refractivity contribution in [1.29, 1.82) is 0 Å². The number of aromatic amines is 1. The zero-order valence-corrected chi connectivity index (χ0v) is 8.92. The molecule has 1 aromatic carbocycles. The van der Waals surface area contributed by atoms with E-state index in [0.717, 1.165) is 30.3 Å². The van der Waals surface area contributed by atoms with E-state index in [2.05, 4.69) is 18.0 Å². The van der Waals surface area contributed by atoms with Gasteiger partial charge in [0.1, 0.15) is 0 Å². The van der Waals surface area contributed by atoms with E-state index >= 15 is 0 Å². The average Bonchev–Trinajstić information content (AvgIpc) is 2.25. The first-order valence-corrected chi connectivity index (χ1v) is 5.42. The average molecular weight is 201 g/mol. The standard InChI is InChI=1S/C13H15NO/c1-2-3-8-12-11-7-5-4-6-10(11)9-13(15)14-12/h4-7,9H,2-3,8H2,1H3,(H,14,15). The largest absolute Gasteiger partial charge is 0.326 e. The molecule has 0 fully saturated rings. The van der Waals surface area contributed by atoms with E-state index in [-0.39, 0.29) is 5.56 Å². The molecule has 1 aromatic heterocycles. The van der Waals surface area contributed by atoms with Crippen molar-refractivity contribution >= 4 is 10.8 Å². The summed E-state index contributed by atoms with van der Waals surface area (Å²) < 4.78 is 0. The number of H-pyrrole nitrogens is 1. The summed E-state index contributed by atoms with van der Waals surface area (Å²) in [5.41, 5.74) is 1.07. The molecule has 0 aliphatic rings. The van der Waals surface area contributed by atoms with Gasteiger partial charge >= 0.3 is 0 Å². The summed E-state index contributed by atoms with van der Waals surface area (Å²) in [6.45, 7) is 2.16. The molecule has 78 valence electrons. The van der Waals surface area contributed by atoms with Crippen LogP contribution in [0.1, 0.15) is 25.5 Å². The van der Waals surface area contributed by atoms with Gasteiger partial charge in [-0.3, -0.25) is 4.79 Å². The Kier molecular flexibility index (Phi) is 2.86. The van der Waals surface area contributed by atoms with E-state index in [1.54, 1.807) is 6.07 Å². The number of unbranched alkanes of at least 4 members (excludes halogenated alkanes) is 1. The van der Waals surface area contributed by atoms with Crippen LogP contribution in [-0.2, 0) is 6.42 Å². The van der Waals surface area contributed by atoms with Crippen molar-refractivity contribution in [3.05, 3.63) is 46.4 Å². The highest BCUT2D eigenvalue weighted by molar-refractivity contribution is 5.84. The van der Waals surface area contributed by atoms with Crippen molar-refractivity contribution in [2.45, 2.75) is 26.2 Å². The third-order valence-corrected chi connectivity index (χ3v) is 2.63. The Morgan fingerprint density at radius 1 is 1.27 bits per heavy atom. The smallest absolute Gasteiger partial charge is 0.248 e. The van der Waals surface area contributed by atoms with Crippen LogP contribution in [0.15, 0.2) is 35.1 Å². The first-order valence-electron chi connectivity index (χ1n) is 5.42. The van der Waals surface area contributed by atoms with Crippen molar-refractivity contribution in [3.8, 4) is 0 Å². The Balaban J connectivity index is 2.55. The first-order chi connectivity index (χ1) is 7.31. The highest BCUT2D eigenvalue weighted by Crippen LogP contribution is 2.16. The molecule has 2 aromatic rings. The predicted molar refractivity (Wildman–Crippen MR) is 63.2 cm³/mol. The van der Waals surface area contributed by atoms with Gasteiger partial charge < -0.3 is 4.98 Å². The Labute approximate surface area is 89.0 Å². The number of pyridine rings is 1. The third kappa shape index (κ3) is 2.09. The van der Waals surface area contributed by atoms with Crippen LogP contribution in [0, 0.1) is 0 Å². The molecule has 0 atom stereocenters. The lowest BCUT2D eigenvalue weighted by Crippen LogP contribution is -2.07. The van der Waals surface area contributed by atoms with Crippen molar-refractivity contribution in [2.24, 2.45) is 0 Å². The topological polar surface area (TPSA) is 32.9 Å². The summed E-state index contributed by atoms with van der Waals surface area (Å²) >= 11 is 0. The van der Waals surface area contributed by atoms with Crippen molar-refractivity contribution in [1.82, 2.24) is 4.98 Å². The number of benzene rings is 1. The molecule has 0 spiro atoms. The molecule has 2 heteroatoms. The Hall–Kier alpha value is -1.57. The molecule has 1 heterocycles. The molecular weight excluding hydrogens is 186 g/mol. The van der Waals surface area contributed by atoms with E-state index < -0.39 is 0 Å². The number of hydrogen-bond donors (Lipinski definition) is 1. The number of fused-ring (bicyclic) bond motifs is 1. The maximum Gasteiger partial charge on any atom is 0.248 e. The van der Waals surface area contributed by atoms with Gasteiger partial charge in [-0.05, 0) is 18.2 Å². The van der Waals surface area contributed by atoms with Gasteiger partial charge in [0.05, 0.1) is 0 Å². The van der Waals surface area contributed by atoms with Gasteiger partial charge in [-0.15, -0.1) is 0 Å². The monoisotopic (exact) mass is 201 g/mol. The maximum absolute atomic E-state index is 11.4. The Morgan fingerprint density at radius 3 is 2.87 bits per heavy atom. The van der Waals surface area contributed by atoms with E-state index in [1.807, 2.05) is 18.2 Å². The zero-order valence-electron chi connectivity index (χ0n) is 8.92. The molecule has 0 bridgehead atoms. The Morgan fingerprint density at radius 2 is 2.07 bits per heavy atom. The van der Waals surface area contributed by atoms with Crippen molar-refractivity contribution in [2.75, 3.05) is 0 Å². The minimum atomic E-state index is -0.000182. The van der Waals surface area contributed by atoms with Crippen LogP contribution in [0.4, 0.5) is 0 Å². The van der Waals surface area contributed by atoms with Crippen LogP contribution in [0.25, 0.3) is 10.8 Å². The van der Waals surface area contributed by atoms with Gasteiger partial charge in [0.15, 0.2) is 0 Å². The Bertz CT molecular complexity index is 513. The number of nitrogens with one attached hydrogen (secondary N) is 1. The summed E-state index contributed by atoms with van der Waals surface area (Å²) in [7, 11) is 0. The fraction of sp³-hybridized carbons (Fsp3) is 0.308. The number of hydrogen-bond acceptors (Lipinski definition) is 1. The molecule has 0 saturated heterocycles. The second-order valence-corrected chi connectivity index (χ2v) is 3.80. The second-order valence-electron chi connectivity index (χ2n) is 3.80. The highest BCUT2D eigenvalue weighted by atomic mass is 16.1. The van der Waals surface area contributed by atoms with Crippen LogP contribution >= 0.6 is 0 Å². The number of aromatic nitrogens is 1. The summed E-state index contributed by atoms with van der Waals surface area (Å²) in [5.74, 6) is 0. The SMILES string of the molecule is CCCCc1[nH]c(=O)cc2ccccc12. The molecule has 0 saturated carbocycles. The number of rotatable bonds is 3. The van der Waals surface area contributed by atoms with Crippen molar-refractivity contribution < 1.29 is 0 Å². The van der Waals surface area contributed by atoms with Gasteiger partial charge in [-0.25, -0.2) is 0 Å². The van der Waals surface area contributed by atoms with Gasteiger partial charge in [-0.2, -0.15) is 0 Å². The van der Waals surface area contributed by atoms with E-state index in [0.29, 0.717) is 0 Å². The molecule has 2 rings (SSSR count). The molecule has 0 aliphatic carbocycles.